The number of hydrogen-bond donors (Lipinski definition) is 1. The molecule has 0 radical (unpaired) electrons. The molecule has 18 heavy (non-hydrogen) atoms. The molecule has 90 valence electrons. The molecule has 2 aromatic heterocycles. The summed E-state index contributed by atoms with van der Waals surface area (Å²) >= 11 is 0. The summed E-state index contributed by atoms with van der Waals surface area (Å²) < 4.78 is 1.94. The zero-order valence-electron chi connectivity index (χ0n) is 10.0. The van der Waals surface area contributed by atoms with Crippen molar-refractivity contribution in [3.8, 4) is 5.82 Å². The molecule has 0 spiro atoms. The third kappa shape index (κ3) is 1.84. The van der Waals surface area contributed by atoms with Crippen LogP contribution >= 0.6 is 0 Å². The van der Waals surface area contributed by atoms with Crippen LogP contribution in [0.2, 0.25) is 0 Å². The molecule has 0 saturated carbocycles. The van der Waals surface area contributed by atoms with Gasteiger partial charge in [-0.1, -0.05) is 12.1 Å². The van der Waals surface area contributed by atoms with Crippen LogP contribution in [0, 0.1) is 0 Å². The van der Waals surface area contributed by atoms with E-state index in [1.54, 1.807) is 6.33 Å². The first-order valence-electron chi connectivity index (χ1n) is 5.78. The summed E-state index contributed by atoms with van der Waals surface area (Å²) in [4.78, 5) is 4.34. The van der Waals surface area contributed by atoms with Gasteiger partial charge < -0.3 is 5.32 Å². The van der Waals surface area contributed by atoms with Crippen molar-refractivity contribution in [3.63, 3.8) is 0 Å². The number of benzene rings is 1. The number of nitrogens with zero attached hydrogens (tertiary/aromatic N) is 4. The van der Waals surface area contributed by atoms with E-state index in [0.29, 0.717) is 0 Å². The monoisotopic (exact) mass is 239 g/mol. The van der Waals surface area contributed by atoms with E-state index >= 15 is 0 Å². The Balaban J connectivity index is 2.03. The molecule has 0 aliphatic carbocycles. The van der Waals surface area contributed by atoms with Gasteiger partial charge in [0.2, 0.25) is 0 Å². The van der Waals surface area contributed by atoms with Crippen molar-refractivity contribution in [1.82, 2.24) is 25.1 Å². The smallest absolute Gasteiger partial charge is 0.161 e. The summed E-state index contributed by atoms with van der Waals surface area (Å²) in [6.07, 6.45) is 1.77. The number of rotatable bonds is 3. The maximum Gasteiger partial charge on any atom is 0.161 e. The molecular formula is C13H13N5. The van der Waals surface area contributed by atoms with Crippen LogP contribution in [-0.2, 0) is 6.54 Å². The highest BCUT2D eigenvalue weighted by molar-refractivity contribution is 5.76. The molecule has 0 aliphatic heterocycles. The highest BCUT2D eigenvalue weighted by Gasteiger charge is 2.05. The second kappa shape index (κ2) is 4.54. The predicted octanol–water partition coefficient (Wildman–Crippen LogP) is 1.53. The Kier molecular flexibility index (Phi) is 2.74. The zero-order chi connectivity index (χ0) is 12.4. The van der Waals surface area contributed by atoms with Crippen LogP contribution in [0.3, 0.4) is 0 Å². The summed E-state index contributed by atoms with van der Waals surface area (Å²) in [7, 11) is 1.89. The van der Waals surface area contributed by atoms with E-state index < -0.39 is 0 Å². The van der Waals surface area contributed by atoms with E-state index in [1.807, 2.05) is 48.0 Å². The van der Waals surface area contributed by atoms with E-state index in [0.717, 1.165) is 29.1 Å². The lowest BCUT2D eigenvalue weighted by molar-refractivity contribution is 0.760. The van der Waals surface area contributed by atoms with Gasteiger partial charge in [0.15, 0.2) is 5.82 Å². The Bertz CT molecular complexity index is 656. The molecule has 0 atom stereocenters. The van der Waals surface area contributed by atoms with Crippen molar-refractivity contribution < 1.29 is 0 Å². The Morgan fingerprint density at radius 3 is 2.78 bits per heavy atom. The lowest BCUT2D eigenvalue weighted by Crippen LogP contribution is -2.08. The van der Waals surface area contributed by atoms with Crippen molar-refractivity contribution in [1.29, 1.82) is 0 Å². The minimum atomic E-state index is 0.720. The second-order valence-electron chi connectivity index (χ2n) is 4.02. The molecule has 0 bridgehead atoms. The Morgan fingerprint density at radius 1 is 1.11 bits per heavy atom. The zero-order valence-corrected chi connectivity index (χ0v) is 10.0. The molecule has 1 N–H and O–H groups in total. The van der Waals surface area contributed by atoms with Gasteiger partial charge in [-0.25, -0.2) is 4.98 Å². The Hall–Kier alpha value is -2.27. The normalized spacial score (nSPS) is 10.9. The Morgan fingerprint density at radius 2 is 2.00 bits per heavy atom. The molecule has 0 amide bonds. The highest BCUT2D eigenvalue weighted by atomic mass is 15.2. The van der Waals surface area contributed by atoms with E-state index in [9.17, 15) is 0 Å². The van der Waals surface area contributed by atoms with E-state index in [1.165, 1.54) is 0 Å². The average molecular weight is 239 g/mol. The van der Waals surface area contributed by atoms with Crippen LogP contribution in [-0.4, -0.2) is 26.8 Å². The number of nitrogens with one attached hydrogen (secondary N) is 1. The molecule has 1 aromatic carbocycles. The van der Waals surface area contributed by atoms with Crippen molar-refractivity contribution in [3.05, 3.63) is 48.4 Å². The first-order chi connectivity index (χ1) is 8.88. The standard InChI is InChI=1S/C13H13N5/c1-14-8-10-6-7-13(17-16-10)18-9-15-11-4-2-3-5-12(11)18/h2-7,9,14H,8H2,1H3. The predicted molar refractivity (Wildman–Crippen MR) is 69.4 cm³/mol. The molecule has 3 rings (SSSR count). The molecular weight excluding hydrogens is 226 g/mol. The third-order valence-electron chi connectivity index (χ3n) is 2.76. The molecule has 0 unspecified atom stereocenters. The van der Waals surface area contributed by atoms with Gasteiger partial charge in [-0.2, -0.15) is 5.10 Å². The molecule has 0 aliphatic rings. The van der Waals surface area contributed by atoms with Crippen LogP contribution in [0.15, 0.2) is 42.7 Å². The maximum atomic E-state index is 4.34. The maximum absolute atomic E-state index is 4.34. The third-order valence-corrected chi connectivity index (χ3v) is 2.76. The molecule has 0 saturated heterocycles. The summed E-state index contributed by atoms with van der Waals surface area (Å²) in [5.41, 5.74) is 2.91. The summed E-state index contributed by atoms with van der Waals surface area (Å²) in [6, 6.07) is 11.9. The van der Waals surface area contributed by atoms with Gasteiger partial charge in [-0.3, -0.25) is 4.57 Å². The van der Waals surface area contributed by atoms with E-state index in [4.69, 9.17) is 0 Å². The minimum Gasteiger partial charge on any atom is -0.314 e. The lowest BCUT2D eigenvalue weighted by Gasteiger charge is -2.03. The van der Waals surface area contributed by atoms with Crippen LogP contribution in [0.4, 0.5) is 0 Å². The lowest BCUT2D eigenvalue weighted by atomic mass is 10.3. The second-order valence-corrected chi connectivity index (χ2v) is 4.02. The van der Waals surface area contributed by atoms with Crippen molar-refractivity contribution in [2.75, 3.05) is 7.05 Å². The van der Waals surface area contributed by atoms with Gasteiger partial charge in [0, 0.05) is 6.54 Å². The van der Waals surface area contributed by atoms with Crippen LogP contribution in [0.1, 0.15) is 5.69 Å². The van der Waals surface area contributed by atoms with Crippen molar-refractivity contribution in [2.45, 2.75) is 6.54 Å². The van der Waals surface area contributed by atoms with Crippen LogP contribution in [0.5, 0.6) is 0 Å². The van der Waals surface area contributed by atoms with Crippen LogP contribution < -0.4 is 5.32 Å². The topological polar surface area (TPSA) is 55.6 Å². The quantitative estimate of drug-likeness (QED) is 0.753. The fraction of sp³-hybridized carbons (Fsp3) is 0.154. The van der Waals surface area contributed by atoms with Gasteiger partial charge in [-0.15, -0.1) is 5.10 Å². The largest absolute Gasteiger partial charge is 0.314 e. The molecule has 2 heterocycles. The summed E-state index contributed by atoms with van der Waals surface area (Å²) in [5, 5.41) is 11.4. The summed E-state index contributed by atoms with van der Waals surface area (Å²) in [5.74, 6) is 0.781. The number of fused-ring (bicyclic) bond motifs is 1. The number of hydrogen-bond acceptors (Lipinski definition) is 4. The number of para-hydroxylation sites is 2. The Labute approximate surface area is 104 Å². The van der Waals surface area contributed by atoms with Crippen molar-refractivity contribution in [2.24, 2.45) is 0 Å². The van der Waals surface area contributed by atoms with Gasteiger partial charge >= 0.3 is 0 Å². The summed E-state index contributed by atoms with van der Waals surface area (Å²) in [6.45, 7) is 0.720. The molecule has 0 fully saturated rings. The number of imidazole rings is 1. The van der Waals surface area contributed by atoms with Crippen LogP contribution in [0.25, 0.3) is 16.9 Å². The number of aromatic nitrogens is 4. The van der Waals surface area contributed by atoms with Gasteiger partial charge in [0.05, 0.1) is 16.7 Å². The van der Waals surface area contributed by atoms with Gasteiger partial charge in [-0.05, 0) is 31.3 Å². The van der Waals surface area contributed by atoms with Gasteiger partial charge in [0.25, 0.3) is 0 Å². The SMILES string of the molecule is CNCc1ccc(-n2cnc3ccccc32)nn1. The minimum absolute atomic E-state index is 0.720. The van der Waals surface area contributed by atoms with Gasteiger partial charge in [0.1, 0.15) is 6.33 Å². The molecule has 5 nitrogen and oxygen atoms in total. The molecule has 3 aromatic rings. The highest BCUT2D eigenvalue weighted by Crippen LogP contribution is 2.15. The van der Waals surface area contributed by atoms with E-state index in [2.05, 4.69) is 20.5 Å². The molecule has 5 heteroatoms. The fourth-order valence-corrected chi connectivity index (χ4v) is 1.90. The average Bonchev–Trinajstić information content (AvgIpc) is 2.84. The first-order valence-corrected chi connectivity index (χ1v) is 5.78. The van der Waals surface area contributed by atoms with Crippen molar-refractivity contribution >= 4 is 11.0 Å². The first kappa shape index (κ1) is 10.9. The van der Waals surface area contributed by atoms with E-state index in [-0.39, 0.29) is 0 Å². The fourth-order valence-electron chi connectivity index (χ4n) is 1.90.